The third-order valence-corrected chi connectivity index (χ3v) is 11.9. The Morgan fingerprint density at radius 1 is 0.966 bits per heavy atom. The lowest BCUT2D eigenvalue weighted by molar-refractivity contribution is -0.137. The summed E-state index contributed by atoms with van der Waals surface area (Å²) in [5, 5.41) is 21.3. The monoisotopic (exact) mass is 816 g/mol. The van der Waals surface area contributed by atoms with E-state index >= 15 is 0 Å². The Labute approximate surface area is 340 Å². The number of carbonyl (C=O) groups excluding carboxylic acids is 2. The number of hydrogen-bond donors (Lipinski definition) is 2. The lowest BCUT2D eigenvalue weighted by atomic mass is 9.92. The van der Waals surface area contributed by atoms with Gasteiger partial charge in [0.2, 0.25) is 11.9 Å². The number of nitrogens with zero attached hydrogens (tertiary/aromatic N) is 11. The number of alkyl halides is 2. The molecule has 314 valence electrons. The van der Waals surface area contributed by atoms with Crippen molar-refractivity contribution in [3.05, 3.63) is 64.9 Å². The number of halogens is 2. The third-order valence-electron chi connectivity index (χ3n) is 11.9. The van der Waals surface area contributed by atoms with Gasteiger partial charge in [-0.25, -0.2) is 28.3 Å². The number of nitrogens with one attached hydrogen (secondary N) is 1. The van der Waals surface area contributed by atoms with E-state index in [9.17, 15) is 23.2 Å². The zero-order valence-corrected chi connectivity index (χ0v) is 33.4. The smallest absolute Gasteiger partial charge is 0.338 e. The summed E-state index contributed by atoms with van der Waals surface area (Å²) in [6, 6.07) is 3.34. The number of anilines is 3. The van der Waals surface area contributed by atoms with Gasteiger partial charge >= 0.3 is 12.0 Å². The standard InChI is InChI=1S/C40H50F2N12O5/c1-43-40(58)52-11-7-33-32(24-52)37(53-8-3-4-26-18-30(28-22-46-48(2)23-28)31(36(41)42)19-34(26)53)47-54(33)29-5-9-50(10-6-29)35(55)25-59-17-16-49-12-14-51(15-13-49)39-44-20-27(21-45-39)38(56)57/h18-23,29,36H,3-17,24-25H2,1-2H3,(H,43,58)(H,56,57). The number of ether oxygens (including phenoxy) is 1. The summed E-state index contributed by atoms with van der Waals surface area (Å²) in [5.74, 6) is 0.0954. The molecule has 2 fully saturated rings. The molecular weight excluding hydrogens is 767 g/mol. The van der Waals surface area contributed by atoms with Crippen LogP contribution < -0.4 is 15.1 Å². The molecule has 4 aromatic rings. The Hall–Kier alpha value is -5.69. The highest BCUT2D eigenvalue weighted by Gasteiger charge is 2.35. The van der Waals surface area contributed by atoms with Crippen molar-refractivity contribution in [1.29, 1.82) is 0 Å². The van der Waals surface area contributed by atoms with Gasteiger partial charge in [0.25, 0.3) is 6.43 Å². The van der Waals surface area contributed by atoms with E-state index in [2.05, 4.69) is 34.9 Å². The minimum Gasteiger partial charge on any atom is -0.478 e. The Balaban J connectivity index is 0.903. The van der Waals surface area contributed by atoms with Crippen LogP contribution in [-0.4, -0.2) is 146 Å². The number of urea groups is 1. The van der Waals surface area contributed by atoms with Crippen molar-refractivity contribution in [3.8, 4) is 11.1 Å². The van der Waals surface area contributed by atoms with Crippen LogP contribution >= 0.6 is 0 Å². The maximum absolute atomic E-state index is 14.7. The summed E-state index contributed by atoms with van der Waals surface area (Å²) in [5.41, 5.74) is 4.79. The number of hydrogen-bond acceptors (Lipinski definition) is 11. The second-order valence-electron chi connectivity index (χ2n) is 15.5. The fraction of sp³-hybridized carbons (Fsp3) is 0.525. The molecule has 3 amide bonds. The third kappa shape index (κ3) is 8.43. The van der Waals surface area contributed by atoms with Crippen molar-refractivity contribution < 1.29 is 33.0 Å². The minimum atomic E-state index is -2.69. The van der Waals surface area contributed by atoms with Gasteiger partial charge in [0, 0.05) is 126 Å². The normalized spacial score (nSPS) is 17.6. The summed E-state index contributed by atoms with van der Waals surface area (Å²) in [6.45, 7) is 6.64. The van der Waals surface area contributed by atoms with Crippen molar-refractivity contribution >= 4 is 35.4 Å². The Morgan fingerprint density at radius 2 is 1.73 bits per heavy atom. The maximum atomic E-state index is 14.7. The lowest BCUT2D eigenvalue weighted by Gasteiger charge is -2.35. The Kier molecular flexibility index (Phi) is 11.7. The number of fused-ring (bicyclic) bond motifs is 2. The van der Waals surface area contributed by atoms with Crippen LogP contribution in [0.15, 0.2) is 36.9 Å². The van der Waals surface area contributed by atoms with Crippen molar-refractivity contribution in [1.82, 2.24) is 49.5 Å². The summed E-state index contributed by atoms with van der Waals surface area (Å²) in [6.07, 6.45) is 6.88. The van der Waals surface area contributed by atoms with E-state index < -0.39 is 12.4 Å². The number of piperidine rings is 1. The van der Waals surface area contributed by atoms with Gasteiger partial charge in [0.15, 0.2) is 5.82 Å². The average molecular weight is 817 g/mol. The predicted molar refractivity (Wildman–Crippen MR) is 213 cm³/mol. The van der Waals surface area contributed by atoms with Crippen LogP contribution in [0.3, 0.4) is 0 Å². The van der Waals surface area contributed by atoms with E-state index in [1.807, 2.05) is 15.9 Å². The van der Waals surface area contributed by atoms with E-state index in [-0.39, 0.29) is 35.7 Å². The number of amides is 3. The first-order valence-corrected chi connectivity index (χ1v) is 20.2. The quantitative estimate of drug-likeness (QED) is 0.212. The highest BCUT2D eigenvalue weighted by Crippen LogP contribution is 2.43. The number of aryl methyl sites for hydroxylation is 2. The van der Waals surface area contributed by atoms with Crippen molar-refractivity contribution in [2.45, 2.75) is 51.1 Å². The molecule has 4 aliphatic heterocycles. The molecule has 4 aliphatic rings. The summed E-state index contributed by atoms with van der Waals surface area (Å²) >= 11 is 0. The zero-order valence-electron chi connectivity index (χ0n) is 33.4. The van der Waals surface area contributed by atoms with Gasteiger partial charge in [-0.2, -0.15) is 10.2 Å². The fourth-order valence-electron chi connectivity index (χ4n) is 8.71. The molecule has 59 heavy (non-hydrogen) atoms. The van der Waals surface area contributed by atoms with Crippen LogP contribution in [0.4, 0.5) is 31.0 Å². The molecule has 17 nitrogen and oxygen atoms in total. The van der Waals surface area contributed by atoms with E-state index in [4.69, 9.17) is 14.9 Å². The van der Waals surface area contributed by atoms with Gasteiger partial charge in [-0.3, -0.25) is 19.1 Å². The molecule has 2 N–H and O–H groups in total. The largest absolute Gasteiger partial charge is 0.478 e. The molecule has 0 spiro atoms. The van der Waals surface area contributed by atoms with Crippen molar-refractivity contribution in [3.63, 3.8) is 0 Å². The molecule has 2 saturated heterocycles. The highest BCUT2D eigenvalue weighted by molar-refractivity contribution is 5.86. The maximum Gasteiger partial charge on any atom is 0.338 e. The van der Waals surface area contributed by atoms with Gasteiger partial charge in [-0.1, -0.05) is 0 Å². The predicted octanol–water partition coefficient (Wildman–Crippen LogP) is 3.49. The van der Waals surface area contributed by atoms with E-state index in [1.165, 1.54) is 12.4 Å². The van der Waals surface area contributed by atoms with Crippen LogP contribution in [0.25, 0.3) is 11.1 Å². The number of carbonyl (C=O) groups is 3. The average Bonchev–Trinajstić information content (AvgIpc) is 3.87. The number of rotatable bonds is 11. The molecule has 19 heteroatoms. The zero-order chi connectivity index (χ0) is 41.2. The van der Waals surface area contributed by atoms with E-state index in [0.29, 0.717) is 107 Å². The molecule has 0 aliphatic carbocycles. The molecule has 7 heterocycles. The summed E-state index contributed by atoms with van der Waals surface area (Å²) in [4.78, 5) is 55.5. The number of aromatic carboxylic acids is 1. The molecule has 0 atom stereocenters. The van der Waals surface area contributed by atoms with Crippen molar-refractivity contribution in [2.24, 2.45) is 7.05 Å². The van der Waals surface area contributed by atoms with Gasteiger partial charge < -0.3 is 34.8 Å². The number of carboxylic acids is 1. The topological polar surface area (TPSA) is 170 Å². The molecule has 3 aromatic heterocycles. The molecule has 8 rings (SSSR count). The number of piperazine rings is 1. The number of carboxylic acid groups (broad SMARTS) is 1. The van der Waals surface area contributed by atoms with Gasteiger partial charge in [0.05, 0.1) is 31.0 Å². The van der Waals surface area contributed by atoms with Gasteiger partial charge in [0.1, 0.15) is 6.61 Å². The highest BCUT2D eigenvalue weighted by atomic mass is 19.3. The van der Waals surface area contributed by atoms with Crippen LogP contribution in [-0.2, 0) is 36.0 Å². The molecule has 1 aromatic carbocycles. The second-order valence-corrected chi connectivity index (χ2v) is 15.5. The van der Waals surface area contributed by atoms with E-state index in [1.54, 1.807) is 42.1 Å². The van der Waals surface area contributed by atoms with Crippen LogP contribution in [0, 0.1) is 0 Å². The lowest BCUT2D eigenvalue weighted by Crippen LogP contribution is -2.48. The number of aromatic nitrogens is 6. The number of likely N-dealkylation sites (tertiary alicyclic amines) is 1. The summed E-state index contributed by atoms with van der Waals surface area (Å²) in [7, 11) is 3.38. The van der Waals surface area contributed by atoms with E-state index in [0.717, 1.165) is 42.8 Å². The molecule has 0 bridgehead atoms. The van der Waals surface area contributed by atoms with Crippen LogP contribution in [0.1, 0.15) is 64.5 Å². The first-order valence-electron chi connectivity index (χ1n) is 20.2. The summed E-state index contributed by atoms with van der Waals surface area (Å²) < 4.78 is 38.9. The Morgan fingerprint density at radius 3 is 2.41 bits per heavy atom. The minimum absolute atomic E-state index is 0.00249. The molecular formula is C40H50F2N12O5. The second kappa shape index (κ2) is 17.3. The first kappa shape index (κ1) is 40.1. The van der Waals surface area contributed by atoms with Crippen LogP contribution in [0.5, 0.6) is 0 Å². The first-order chi connectivity index (χ1) is 28.6. The molecule has 0 unspecified atom stereocenters. The van der Waals surface area contributed by atoms with Crippen LogP contribution in [0.2, 0.25) is 0 Å². The van der Waals surface area contributed by atoms with Gasteiger partial charge in [-0.05, 0) is 48.9 Å². The molecule has 0 radical (unpaired) electrons. The molecule has 0 saturated carbocycles. The Bertz CT molecular complexity index is 2160. The SMILES string of the molecule is CNC(=O)N1CCc2c(c(N3CCCc4cc(-c5cnn(C)c5)c(C(F)F)cc43)nn2C2CCN(C(=O)COCCN3CCN(c4ncc(C(=O)O)cn4)CC3)CC2)C1. The van der Waals surface area contributed by atoms with Crippen molar-refractivity contribution in [2.75, 3.05) is 89.0 Å². The van der Waals surface area contributed by atoms with Gasteiger partial charge in [-0.15, -0.1) is 0 Å². The number of benzene rings is 1. The fourth-order valence-corrected chi connectivity index (χ4v) is 8.71.